The second kappa shape index (κ2) is 10.8. The molecule has 3 rings (SSSR count). The number of benzene rings is 2. The number of para-hydroxylation sites is 2. The molecule has 0 radical (unpaired) electrons. The molecule has 0 atom stereocenters. The van der Waals surface area contributed by atoms with E-state index >= 15 is 0 Å². The number of aromatic nitrogens is 2. The lowest BCUT2D eigenvalue weighted by Crippen LogP contribution is -2.35. The van der Waals surface area contributed by atoms with E-state index < -0.39 is 0 Å². The molecule has 0 saturated carbocycles. The van der Waals surface area contributed by atoms with Crippen molar-refractivity contribution in [3.63, 3.8) is 0 Å². The molecule has 0 aliphatic rings. The van der Waals surface area contributed by atoms with Crippen LogP contribution in [-0.4, -0.2) is 4.57 Å². The van der Waals surface area contributed by atoms with Crippen LogP contribution in [0.2, 0.25) is 0 Å². The summed E-state index contributed by atoms with van der Waals surface area (Å²) in [5, 5.41) is 14.1. The monoisotopic (exact) mass is 460 g/mol. The van der Waals surface area contributed by atoms with E-state index in [2.05, 4.69) is 110 Å². The van der Waals surface area contributed by atoms with E-state index in [0.29, 0.717) is 23.7 Å². The Kier molecular flexibility index (Phi) is 8.28. The molecule has 184 valence electrons. The summed E-state index contributed by atoms with van der Waals surface area (Å²) in [5.74, 6) is 1.52. The molecule has 0 fully saturated rings. The van der Waals surface area contributed by atoms with Gasteiger partial charge in [0.1, 0.15) is 22.9 Å². The highest BCUT2D eigenvalue weighted by Crippen LogP contribution is 2.35. The van der Waals surface area contributed by atoms with Crippen LogP contribution in [0.3, 0.4) is 0 Å². The van der Waals surface area contributed by atoms with Crippen molar-refractivity contribution in [2.45, 2.75) is 105 Å². The number of rotatable bonds is 9. The van der Waals surface area contributed by atoms with Crippen LogP contribution in [0, 0.1) is 0 Å². The fourth-order valence-electron chi connectivity index (χ4n) is 4.98. The van der Waals surface area contributed by atoms with E-state index in [9.17, 15) is 5.11 Å². The normalized spacial score (nSPS) is 12.0. The van der Waals surface area contributed by atoms with Gasteiger partial charge in [0.25, 0.3) is 6.33 Å². The lowest BCUT2D eigenvalue weighted by Gasteiger charge is -2.18. The fraction of sp³-hybridized carbons (Fsp3) is 0.516. The highest BCUT2D eigenvalue weighted by Gasteiger charge is 2.28. The van der Waals surface area contributed by atoms with Crippen LogP contribution >= 0.6 is 0 Å². The lowest BCUT2D eigenvalue weighted by atomic mass is 9.92. The molecule has 0 aliphatic carbocycles. The van der Waals surface area contributed by atoms with E-state index in [4.69, 9.17) is 0 Å². The van der Waals surface area contributed by atoms with Gasteiger partial charge in [-0.15, -0.1) is 0 Å². The number of hydrogen-bond donors (Lipinski definition) is 0. The van der Waals surface area contributed by atoms with Crippen molar-refractivity contribution in [2.24, 2.45) is 0 Å². The largest absolute Gasteiger partial charge is 0.839 e. The summed E-state index contributed by atoms with van der Waals surface area (Å²) < 4.78 is 4.20. The van der Waals surface area contributed by atoms with Gasteiger partial charge in [-0.2, -0.15) is 4.57 Å². The Morgan fingerprint density at radius 2 is 1.18 bits per heavy atom. The van der Waals surface area contributed by atoms with Gasteiger partial charge in [0.05, 0.1) is 0 Å². The second-order valence-electron chi connectivity index (χ2n) is 10.9. The van der Waals surface area contributed by atoms with Gasteiger partial charge in [-0.25, -0.2) is 4.57 Å². The zero-order valence-corrected chi connectivity index (χ0v) is 22.8. The van der Waals surface area contributed by atoms with Crippen molar-refractivity contribution < 1.29 is 9.67 Å². The third-order valence-corrected chi connectivity index (χ3v) is 6.92. The maximum absolute atomic E-state index is 14.1. The fourth-order valence-corrected chi connectivity index (χ4v) is 4.98. The van der Waals surface area contributed by atoms with E-state index in [1.54, 1.807) is 0 Å². The predicted octanol–water partition coefficient (Wildman–Crippen LogP) is 7.66. The number of imidazole rings is 1. The molecule has 0 amide bonds. The SMILES string of the molecule is CCCCc1c([O-])[n+](-c2c(C(C)C)cccc2C(C)C)cn1-c1c(C(C)C)cccc1C(C)C. The summed E-state index contributed by atoms with van der Waals surface area (Å²) >= 11 is 0. The van der Waals surface area contributed by atoms with Gasteiger partial charge in [-0.1, -0.05) is 105 Å². The molecule has 1 aromatic heterocycles. The van der Waals surface area contributed by atoms with Gasteiger partial charge < -0.3 is 5.11 Å². The van der Waals surface area contributed by atoms with Crippen molar-refractivity contribution in [3.8, 4) is 17.3 Å². The van der Waals surface area contributed by atoms with Gasteiger partial charge in [0, 0.05) is 28.7 Å². The highest BCUT2D eigenvalue weighted by molar-refractivity contribution is 5.53. The topological polar surface area (TPSA) is 31.9 Å². The van der Waals surface area contributed by atoms with Crippen LogP contribution in [0.4, 0.5) is 0 Å². The first-order chi connectivity index (χ1) is 16.1. The highest BCUT2D eigenvalue weighted by atomic mass is 16.3. The van der Waals surface area contributed by atoms with Crippen molar-refractivity contribution >= 4 is 0 Å². The third-order valence-electron chi connectivity index (χ3n) is 6.92. The average molecular weight is 461 g/mol. The van der Waals surface area contributed by atoms with Gasteiger partial charge in [0.15, 0.2) is 0 Å². The first kappa shape index (κ1) is 26.1. The standard InChI is InChI=1S/C31H44N2O/c1-10-11-18-28-31(34)33(30-26(22(6)7)16-13-17-27(30)23(8)9)19-32(28)29-24(20(2)3)14-12-15-25(29)21(4)5/h12-17,19-23H,10-11,18H2,1-9H3. The quantitative estimate of drug-likeness (QED) is 0.302. The minimum atomic E-state index is 0.122. The van der Waals surface area contributed by atoms with E-state index in [1.165, 1.54) is 27.9 Å². The molecule has 0 aliphatic heterocycles. The lowest BCUT2D eigenvalue weighted by molar-refractivity contribution is -0.650. The van der Waals surface area contributed by atoms with Gasteiger partial charge in [0.2, 0.25) is 0 Å². The first-order valence-electron chi connectivity index (χ1n) is 13.2. The molecule has 0 bridgehead atoms. The van der Waals surface area contributed by atoms with Gasteiger partial charge in [-0.3, -0.25) is 0 Å². The van der Waals surface area contributed by atoms with Crippen molar-refractivity contribution in [1.29, 1.82) is 0 Å². The van der Waals surface area contributed by atoms with E-state index in [0.717, 1.165) is 30.6 Å². The Hall–Kier alpha value is -2.55. The smallest absolute Gasteiger partial charge is 0.253 e. The Morgan fingerprint density at radius 3 is 1.59 bits per heavy atom. The summed E-state index contributed by atoms with van der Waals surface area (Å²) in [7, 11) is 0. The second-order valence-corrected chi connectivity index (χ2v) is 10.9. The Labute approximate surface area is 207 Å². The van der Waals surface area contributed by atoms with E-state index in [1.807, 2.05) is 4.57 Å². The van der Waals surface area contributed by atoms with Crippen LogP contribution in [0.1, 0.15) is 127 Å². The molecular weight excluding hydrogens is 416 g/mol. The van der Waals surface area contributed by atoms with Crippen LogP contribution < -0.4 is 9.67 Å². The molecule has 3 heteroatoms. The molecule has 34 heavy (non-hydrogen) atoms. The van der Waals surface area contributed by atoms with Crippen LogP contribution in [0.5, 0.6) is 5.88 Å². The van der Waals surface area contributed by atoms with Crippen molar-refractivity contribution in [3.05, 3.63) is 70.7 Å². The summed E-state index contributed by atoms with van der Waals surface area (Å²) in [6, 6.07) is 13.1. The average Bonchev–Trinajstić information content (AvgIpc) is 3.11. The molecule has 1 heterocycles. The molecule has 2 aromatic carbocycles. The summed E-state index contributed by atoms with van der Waals surface area (Å²) in [6.07, 6.45) is 4.94. The Bertz CT molecular complexity index is 1070. The molecule has 3 aromatic rings. The first-order valence-corrected chi connectivity index (χ1v) is 13.2. The predicted molar refractivity (Wildman–Crippen MR) is 142 cm³/mol. The minimum absolute atomic E-state index is 0.122. The third kappa shape index (κ3) is 4.94. The van der Waals surface area contributed by atoms with E-state index in [-0.39, 0.29) is 5.88 Å². The summed E-state index contributed by atoms with van der Waals surface area (Å²) in [6.45, 7) is 20.0. The molecule has 0 unspecified atom stereocenters. The van der Waals surface area contributed by atoms with Crippen LogP contribution in [0.25, 0.3) is 11.4 Å². The van der Waals surface area contributed by atoms with Gasteiger partial charge in [-0.05, 0) is 30.1 Å². The zero-order valence-electron chi connectivity index (χ0n) is 22.8. The Balaban J connectivity index is 2.43. The maximum Gasteiger partial charge on any atom is 0.253 e. The zero-order chi connectivity index (χ0) is 25.2. The maximum atomic E-state index is 14.1. The van der Waals surface area contributed by atoms with Crippen LogP contribution in [-0.2, 0) is 6.42 Å². The minimum Gasteiger partial charge on any atom is -0.839 e. The van der Waals surface area contributed by atoms with Crippen LogP contribution in [0.15, 0.2) is 42.7 Å². The number of hydrogen-bond acceptors (Lipinski definition) is 1. The molecular formula is C31H44N2O. The van der Waals surface area contributed by atoms with Gasteiger partial charge >= 0.3 is 0 Å². The number of nitrogens with zero attached hydrogens (tertiary/aromatic N) is 2. The summed E-state index contributed by atoms with van der Waals surface area (Å²) in [4.78, 5) is 0. The molecule has 0 spiro atoms. The molecule has 3 nitrogen and oxygen atoms in total. The number of unbranched alkanes of at least 4 members (excludes halogenated alkanes) is 1. The van der Waals surface area contributed by atoms with Crippen molar-refractivity contribution in [2.75, 3.05) is 0 Å². The Morgan fingerprint density at radius 1 is 0.735 bits per heavy atom. The molecule has 0 N–H and O–H groups in total. The van der Waals surface area contributed by atoms with Crippen molar-refractivity contribution in [1.82, 2.24) is 4.57 Å². The molecule has 0 saturated heterocycles. The summed E-state index contributed by atoms with van der Waals surface area (Å²) in [5.41, 5.74) is 8.22.